The van der Waals surface area contributed by atoms with Crippen molar-refractivity contribution in [3.8, 4) is 11.5 Å². The number of benzene rings is 1. The summed E-state index contributed by atoms with van der Waals surface area (Å²) < 4.78 is 11.5. The second-order valence-electron chi connectivity index (χ2n) is 4.24. The lowest BCUT2D eigenvalue weighted by Gasteiger charge is -2.08. The van der Waals surface area contributed by atoms with Gasteiger partial charge in [0.05, 0.1) is 0 Å². The normalized spacial score (nSPS) is 12.6. The van der Waals surface area contributed by atoms with Gasteiger partial charge in [0.1, 0.15) is 6.10 Å². The maximum Gasteiger partial charge on any atom is 0.258 e. The van der Waals surface area contributed by atoms with Crippen LogP contribution >= 0.6 is 15.9 Å². The molecule has 2 rings (SSSR count). The molecule has 0 amide bonds. The Kier molecular flexibility index (Phi) is 4.55. The molecule has 6 heteroatoms. The van der Waals surface area contributed by atoms with Crippen LogP contribution in [0.15, 0.2) is 27.2 Å². The standard InChI is InChI=1S/C13H16BrN3O2/c1-3-4-11(18-2)12-16-13(19-17-12)8-5-9(14)7-10(15)6-8/h5-7,11H,3-4,15H2,1-2H3. The third kappa shape index (κ3) is 3.33. The van der Waals surface area contributed by atoms with Crippen LogP contribution < -0.4 is 5.73 Å². The highest BCUT2D eigenvalue weighted by atomic mass is 79.9. The Morgan fingerprint density at radius 2 is 2.21 bits per heavy atom. The van der Waals surface area contributed by atoms with Crippen molar-refractivity contribution in [3.05, 3.63) is 28.5 Å². The number of nitrogen functional groups attached to an aromatic ring is 1. The molecule has 102 valence electrons. The Hall–Kier alpha value is -1.40. The van der Waals surface area contributed by atoms with E-state index in [1.165, 1.54) is 0 Å². The Bertz CT molecular complexity index is 536. The Morgan fingerprint density at radius 1 is 1.42 bits per heavy atom. The molecule has 0 saturated carbocycles. The molecule has 0 aliphatic carbocycles. The number of nitrogens with zero attached hydrogens (tertiary/aromatic N) is 2. The molecule has 0 aliphatic rings. The van der Waals surface area contributed by atoms with E-state index in [1.807, 2.05) is 12.1 Å². The van der Waals surface area contributed by atoms with E-state index in [4.69, 9.17) is 15.0 Å². The maximum atomic E-state index is 5.79. The zero-order valence-electron chi connectivity index (χ0n) is 10.9. The van der Waals surface area contributed by atoms with E-state index in [2.05, 4.69) is 33.0 Å². The highest BCUT2D eigenvalue weighted by Crippen LogP contribution is 2.27. The quantitative estimate of drug-likeness (QED) is 0.850. The van der Waals surface area contributed by atoms with E-state index in [0.29, 0.717) is 17.4 Å². The summed E-state index contributed by atoms with van der Waals surface area (Å²) in [4.78, 5) is 4.37. The zero-order valence-corrected chi connectivity index (χ0v) is 12.5. The number of nitrogens with two attached hydrogens (primary N) is 1. The number of hydrogen-bond acceptors (Lipinski definition) is 5. The summed E-state index contributed by atoms with van der Waals surface area (Å²) >= 11 is 3.39. The highest BCUT2D eigenvalue weighted by molar-refractivity contribution is 9.10. The molecule has 1 aromatic heterocycles. The number of hydrogen-bond donors (Lipinski definition) is 1. The molecule has 0 spiro atoms. The summed E-state index contributed by atoms with van der Waals surface area (Å²) in [6.45, 7) is 2.09. The van der Waals surface area contributed by atoms with Gasteiger partial charge in [0.2, 0.25) is 5.82 Å². The second kappa shape index (κ2) is 6.16. The van der Waals surface area contributed by atoms with E-state index in [9.17, 15) is 0 Å². The van der Waals surface area contributed by atoms with Gasteiger partial charge in [0, 0.05) is 22.8 Å². The van der Waals surface area contributed by atoms with Gasteiger partial charge in [0.25, 0.3) is 5.89 Å². The summed E-state index contributed by atoms with van der Waals surface area (Å²) in [5.41, 5.74) is 7.22. The van der Waals surface area contributed by atoms with Crippen LogP contribution in [0.4, 0.5) is 5.69 Å². The predicted octanol–water partition coefficient (Wildman–Crippen LogP) is 3.57. The van der Waals surface area contributed by atoms with Crippen molar-refractivity contribution in [1.82, 2.24) is 10.1 Å². The van der Waals surface area contributed by atoms with Gasteiger partial charge in [-0.2, -0.15) is 4.98 Å². The number of halogens is 1. The van der Waals surface area contributed by atoms with Crippen LogP contribution in [0.2, 0.25) is 0 Å². The first-order valence-corrected chi connectivity index (χ1v) is 6.86. The molecular formula is C13H16BrN3O2. The molecule has 1 unspecified atom stereocenters. The van der Waals surface area contributed by atoms with Gasteiger partial charge < -0.3 is 15.0 Å². The molecule has 19 heavy (non-hydrogen) atoms. The molecule has 0 saturated heterocycles. The summed E-state index contributed by atoms with van der Waals surface area (Å²) in [5, 5.41) is 3.97. The summed E-state index contributed by atoms with van der Waals surface area (Å²) in [6.07, 6.45) is 1.72. The SMILES string of the molecule is CCCC(OC)c1noc(-c2cc(N)cc(Br)c2)n1. The number of anilines is 1. The first-order chi connectivity index (χ1) is 9.13. The molecule has 0 radical (unpaired) electrons. The lowest BCUT2D eigenvalue weighted by atomic mass is 10.2. The van der Waals surface area contributed by atoms with Crippen LogP contribution in [0.5, 0.6) is 0 Å². The molecular weight excluding hydrogens is 310 g/mol. The van der Waals surface area contributed by atoms with Crippen molar-refractivity contribution < 1.29 is 9.26 Å². The molecule has 0 bridgehead atoms. The molecule has 0 fully saturated rings. The predicted molar refractivity (Wildman–Crippen MR) is 76.5 cm³/mol. The first kappa shape index (κ1) is 14.0. The molecule has 2 aromatic rings. The summed E-state index contributed by atoms with van der Waals surface area (Å²) in [5.74, 6) is 1.01. The fourth-order valence-corrected chi connectivity index (χ4v) is 2.34. The van der Waals surface area contributed by atoms with Gasteiger partial charge in [-0.1, -0.05) is 34.4 Å². The molecule has 0 aliphatic heterocycles. The van der Waals surface area contributed by atoms with E-state index in [-0.39, 0.29) is 6.10 Å². The van der Waals surface area contributed by atoms with Gasteiger partial charge in [-0.05, 0) is 24.6 Å². The van der Waals surface area contributed by atoms with E-state index >= 15 is 0 Å². The van der Waals surface area contributed by atoms with Crippen LogP contribution in [0.25, 0.3) is 11.5 Å². The highest BCUT2D eigenvalue weighted by Gasteiger charge is 2.18. The van der Waals surface area contributed by atoms with Gasteiger partial charge in [-0.3, -0.25) is 0 Å². The van der Waals surface area contributed by atoms with Crippen LogP contribution in [0, 0.1) is 0 Å². The third-order valence-electron chi connectivity index (χ3n) is 2.73. The number of methoxy groups -OCH3 is 1. The van der Waals surface area contributed by atoms with Crippen molar-refractivity contribution in [1.29, 1.82) is 0 Å². The molecule has 1 heterocycles. The first-order valence-electron chi connectivity index (χ1n) is 6.07. The topological polar surface area (TPSA) is 74.2 Å². The third-order valence-corrected chi connectivity index (χ3v) is 3.19. The van der Waals surface area contributed by atoms with E-state index < -0.39 is 0 Å². The molecule has 1 atom stereocenters. The van der Waals surface area contributed by atoms with Gasteiger partial charge in [-0.15, -0.1) is 0 Å². The van der Waals surface area contributed by atoms with E-state index in [1.54, 1.807) is 13.2 Å². The average molecular weight is 326 g/mol. The second-order valence-corrected chi connectivity index (χ2v) is 5.16. The monoisotopic (exact) mass is 325 g/mol. The van der Waals surface area contributed by atoms with Crippen LogP contribution in [0.3, 0.4) is 0 Å². The summed E-state index contributed by atoms with van der Waals surface area (Å²) in [6, 6.07) is 5.49. The van der Waals surface area contributed by atoms with Crippen molar-refractivity contribution in [2.75, 3.05) is 12.8 Å². The fourth-order valence-electron chi connectivity index (χ4n) is 1.83. The molecule has 1 aromatic carbocycles. The van der Waals surface area contributed by atoms with Crippen LogP contribution in [0.1, 0.15) is 31.7 Å². The molecule has 5 nitrogen and oxygen atoms in total. The van der Waals surface area contributed by atoms with Crippen molar-refractivity contribution in [3.63, 3.8) is 0 Å². The largest absolute Gasteiger partial charge is 0.399 e. The minimum atomic E-state index is -0.132. The zero-order chi connectivity index (χ0) is 13.8. The smallest absolute Gasteiger partial charge is 0.258 e. The Balaban J connectivity index is 2.29. The lowest BCUT2D eigenvalue weighted by Crippen LogP contribution is -2.03. The average Bonchev–Trinajstić information content (AvgIpc) is 2.84. The van der Waals surface area contributed by atoms with Crippen LogP contribution in [-0.2, 0) is 4.74 Å². The van der Waals surface area contributed by atoms with Gasteiger partial charge in [0.15, 0.2) is 0 Å². The number of ether oxygens (including phenoxy) is 1. The van der Waals surface area contributed by atoms with E-state index in [0.717, 1.165) is 22.9 Å². The number of aromatic nitrogens is 2. The molecule has 2 N–H and O–H groups in total. The minimum absolute atomic E-state index is 0.132. The van der Waals surface area contributed by atoms with Crippen molar-refractivity contribution in [2.24, 2.45) is 0 Å². The fraction of sp³-hybridized carbons (Fsp3) is 0.385. The lowest BCUT2D eigenvalue weighted by molar-refractivity contribution is 0.0854. The Labute approximate surface area is 120 Å². The van der Waals surface area contributed by atoms with Gasteiger partial charge >= 0.3 is 0 Å². The van der Waals surface area contributed by atoms with Crippen LogP contribution in [-0.4, -0.2) is 17.3 Å². The van der Waals surface area contributed by atoms with Crippen molar-refractivity contribution >= 4 is 21.6 Å². The van der Waals surface area contributed by atoms with Gasteiger partial charge in [-0.25, -0.2) is 0 Å². The maximum absolute atomic E-state index is 5.79. The summed E-state index contributed by atoms with van der Waals surface area (Å²) in [7, 11) is 1.65. The minimum Gasteiger partial charge on any atom is -0.399 e. The number of rotatable bonds is 5. The van der Waals surface area contributed by atoms with Crippen molar-refractivity contribution in [2.45, 2.75) is 25.9 Å². The Morgan fingerprint density at radius 3 is 2.84 bits per heavy atom.